The highest BCUT2D eigenvalue weighted by atomic mass is 16.5. The van der Waals surface area contributed by atoms with Crippen molar-refractivity contribution < 1.29 is 9.26 Å². The molecule has 9 nitrogen and oxygen atoms in total. The van der Waals surface area contributed by atoms with Crippen molar-refractivity contribution in [2.45, 2.75) is 66.7 Å². The summed E-state index contributed by atoms with van der Waals surface area (Å²) in [5, 5.41) is 15.2. The van der Waals surface area contributed by atoms with E-state index in [2.05, 4.69) is 44.7 Å². The van der Waals surface area contributed by atoms with E-state index in [-0.39, 0.29) is 12.1 Å². The number of aliphatic imine (C=N–C) groups is 1. The molecular weight excluding hydrogens is 358 g/mol. The third kappa shape index (κ3) is 5.79. The molecule has 2 N–H and O–H groups in total. The number of nitrogens with zero attached hydrogens (tertiary/aromatic N) is 5. The first-order chi connectivity index (χ1) is 13.3. The van der Waals surface area contributed by atoms with Gasteiger partial charge < -0.3 is 19.9 Å². The fourth-order valence-electron chi connectivity index (χ4n) is 2.99. The highest BCUT2D eigenvalue weighted by Crippen LogP contribution is 2.15. The van der Waals surface area contributed by atoms with Crippen LogP contribution >= 0.6 is 0 Å². The molecule has 0 aliphatic carbocycles. The minimum atomic E-state index is -0.191. The van der Waals surface area contributed by atoms with Gasteiger partial charge in [-0.25, -0.2) is 4.99 Å². The van der Waals surface area contributed by atoms with Crippen LogP contribution in [0.3, 0.4) is 0 Å². The molecule has 0 aliphatic heterocycles. The van der Waals surface area contributed by atoms with Crippen LogP contribution in [-0.2, 0) is 24.8 Å². The van der Waals surface area contributed by atoms with Gasteiger partial charge in [-0.1, -0.05) is 5.16 Å². The summed E-state index contributed by atoms with van der Waals surface area (Å²) in [6, 6.07) is 0.190. The summed E-state index contributed by atoms with van der Waals surface area (Å²) in [4.78, 5) is 8.93. The first-order valence-corrected chi connectivity index (χ1v) is 9.83. The van der Waals surface area contributed by atoms with Crippen LogP contribution < -0.4 is 10.6 Å². The molecule has 0 bridgehead atoms. The quantitative estimate of drug-likeness (QED) is 0.499. The highest BCUT2D eigenvalue weighted by Gasteiger charge is 2.15. The SMILES string of the molecule is CCNC(=NCc1nc(C(C)OCC)no1)NC(C)Cc1c(C)nn(C)c1C. The van der Waals surface area contributed by atoms with Gasteiger partial charge in [-0.05, 0) is 53.5 Å². The Morgan fingerprint density at radius 1 is 1.29 bits per heavy atom. The molecule has 0 fully saturated rings. The van der Waals surface area contributed by atoms with Gasteiger partial charge in [0.25, 0.3) is 0 Å². The van der Waals surface area contributed by atoms with Gasteiger partial charge >= 0.3 is 0 Å². The molecule has 2 aromatic rings. The van der Waals surface area contributed by atoms with Crippen molar-refractivity contribution in [1.82, 2.24) is 30.6 Å². The summed E-state index contributed by atoms with van der Waals surface area (Å²) in [5.41, 5.74) is 3.53. The van der Waals surface area contributed by atoms with Crippen molar-refractivity contribution in [3.8, 4) is 0 Å². The molecule has 2 atom stereocenters. The van der Waals surface area contributed by atoms with Gasteiger partial charge in [0.15, 0.2) is 11.8 Å². The average Bonchev–Trinajstić information content (AvgIpc) is 3.21. The summed E-state index contributed by atoms with van der Waals surface area (Å²) in [6.07, 6.45) is 0.677. The lowest BCUT2D eigenvalue weighted by Gasteiger charge is -2.18. The van der Waals surface area contributed by atoms with Crippen molar-refractivity contribution in [2.24, 2.45) is 12.0 Å². The van der Waals surface area contributed by atoms with E-state index in [1.54, 1.807) is 0 Å². The lowest BCUT2D eigenvalue weighted by Crippen LogP contribution is -2.43. The molecular formula is C19H33N7O2. The smallest absolute Gasteiger partial charge is 0.248 e. The third-order valence-corrected chi connectivity index (χ3v) is 4.53. The van der Waals surface area contributed by atoms with E-state index in [4.69, 9.17) is 9.26 Å². The van der Waals surface area contributed by atoms with Crippen LogP contribution in [0.15, 0.2) is 9.52 Å². The molecule has 2 unspecified atom stereocenters. The fourth-order valence-corrected chi connectivity index (χ4v) is 2.99. The molecule has 0 saturated heterocycles. The Labute approximate surface area is 166 Å². The molecule has 28 heavy (non-hydrogen) atoms. The summed E-state index contributed by atoms with van der Waals surface area (Å²) in [5.74, 6) is 1.72. The Morgan fingerprint density at radius 3 is 2.64 bits per heavy atom. The maximum atomic E-state index is 5.48. The van der Waals surface area contributed by atoms with Crippen molar-refractivity contribution in [1.29, 1.82) is 0 Å². The first kappa shape index (κ1) is 21.9. The third-order valence-electron chi connectivity index (χ3n) is 4.53. The second kappa shape index (κ2) is 10.2. The van der Waals surface area contributed by atoms with Gasteiger partial charge in [0, 0.05) is 31.9 Å². The fraction of sp³-hybridized carbons (Fsp3) is 0.684. The van der Waals surface area contributed by atoms with E-state index in [9.17, 15) is 0 Å². The number of rotatable bonds is 9. The van der Waals surface area contributed by atoms with Gasteiger partial charge in [0.1, 0.15) is 12.6 Å². The van der Waals surface area contributed by atoms with Gasteiger partial charge in [-0.2, -0.15) is 10.1 Å². The van der Waals surface area contributed by atoms with Gasteiger partial charge in [0.05, 0.1) is 5.69 Å². The molecule has 2 rings (SSSR count). The molecule has 0 aliphatic rings. The maximum Gasteiger partial charge on any atom is 0.248 e. The van der Waals surface area contributed by atoms with Crippen LogP contribution in [0.4, 0.5) is 0 Å². The van der Waals surface area contributed by atoms with E-state index >= 15 is 0 Å². The normalized spacial score (nSPS) is 14.2. The number of aromatic nitrogens is 4. The molecule has 2 aromatic heterocycles. The van der Waals surface area contributed by atoms with Crippen molar-refractivity contribution in [3.05, 3.63) is 28.7 Å². The van der Waals surface area contributed by atoms with Crippen molar-refractivity contribution >= 4 is 5.96 Å². The zero-order chi connectivity index (χ0) is 20.7. The van der Waals surface area contributed by atoms with Crippen molar-refractivity contribution in [2.75, 3.05) is 13.2 Å². The van der Waals surface area contributed by atoms with E-state index in [1.165, 1.54) is 11.3 Å². The van der Waals surface area contributed by atoms with Crippen LogP contribution in [0.25, 0.3) is 0 Å². The Balaban J connectivity index is 2.00. The second-order valence-corrected chi connectivity index (χ2v) is 6.86. The number of ether oxygens (including phenoxy) is 1. The average molecular weight is 392 g/mol. The molecule has 2 heterocycles. The molecule has 0 aromatic carbocycles. The van der Waals surface area contributed by atoms with Crippen LogP contribution in [0.2, 0.25) is 0 Å². The lowest BCUT2D eigenvalue weighted by molar-refractivity contribution is 0.0683. The van der Waals surface area contributed by atoms with Crippen molar-refractivity contribution in [3.63, 3.8) is 0 Å². The van der Waals surface area contributed by atoms with Crippen LogP contribution in [0.1, 0.15) is 62.5 Å². The Kier molecular flexibility index (Phi) is 7.98. The number of hydrogen-bond acceptors (Lipinski definition) is 6. The minimum absolute atomic E-state index is 0.190. The topological polar surface area (TPSA) is 102 Å². The molecule has 9 heteroatoms. The second-order valence-electron chi connectivity index (χ2n) is 6.86. The summed E-state index contributed by atoms with van der Waals surface area (Å²) >= 11 is 0. The van der Waals surface area contributed by atoms with Gasteiger partial charge in [-0.15, -0.1) is 0 Å². The predicted octanol–water partition coefficient (Wildman–Crippen LogP) is 2.20. The molecule has 0 saturated carbocycles. The number of nitrogens with one attached hydrogen (secondary N) is 2. The Morgan fingerprint density at radius 2 is 2.04 bits per heavy atom. The van der Waals surface area contributed by atoms with Gasteiger partial charge in [-0.3, -0.25) is 4.68 Å². The van der Waals surface area contributed by atoms with E-state index in [0.29, 0.717) is 30.8 Å². The number of guanidine groups is 1. The van der Waals surface area contributed by atoms with Crippen LogP contribution in [0.5, 0.6) is 0 Å². The number of hydrogen-bond donors (Lipinski definition) is 2. The van der Waals surface area contributed by atoms with E-state index in [0.717, 1.165) is 18.7 Å². The monoisotopic (exact) mass is 391 g/mol. The van der Waals surface area contributed by atoms with Crippen LogP contribution in [-0.4, -0.2) is 45.1 Å². The van der Waals surface area contributed by atoms with E-state index in [1.807, 2.05) is 39.4 Å². The number of aryl methyl sites for hydroxylation is 2. The van der Waals surface area contributed by atoms with Crippen LogP contribution in [0, 0.1) is 13.8 Å². The Hall–Kier alpha value is -2.42. The Bertz CT molecular complexity index is 781. The molecule has 0 radical (unpaired) electrons. The molecule has 156 valence electrons. The predicted molar refractivity (Wildman–Crippen MR) is 108 cm³/mol. The largest absolute Gasteiger partial charge is 0.371 e. The summed E-state index contributed by atoms with van der Waals surface area (Å²) in [6.45, 7) is 13.8. The zero-order valence-corrected chi connectivity index (χ0v) is 18.0. The summed E-state index contributed by atoms with van der Waals surface area (Å²) < 4.78 is 12.7. The maximum absolute atomic E-state index is 5.48. The van der Waals surface area contributed by atoms with E-state index < -0.39 is 0 Å². The lowest BCUT2D eigenvalue weighted by atomic mass is 10.1. The highest BCUT2D eigenvalue weighted by molar-refractivity contribution is 5.80. The minimum Gasteiger partial charge on any atom is -0.371 e. The standard InChI is InChI=1S/C19H33N7O2/c1-8-20-19(21-11-17-23-18(25-28-17)15(6)27-9-2)22-12(3)10-16-13(4)24-26(7)14(16)5/h12,15H,8-11H2,1-7H3,(H2,20,21,22). The summed E-state index contributed by atoms with van der Waals surface area (Å²) in [7, 11) is 1.97. The zero-order valence-electron chi connectivity index (χ0n) is 18.0. The molecule has 0 amide bonds. The van der Waals surface area contributed by atoms with Gasteiger partial charge in [0.2, 0.25) is 5.89 Å². The first-order valence-electron chi connectivity index (χ1n) is 9.83. The molecule has 0 spiro atoms.